The number of fused-ring (bicyclic) bond motifs is 1. The topological polar surface area (TPSA) is 23.6 Å². The van der Waals surface area contributed by atoms with Crippen LogP contribution < -0.4 is 0 Å². The van der Waals surface area contributed by atoms with Crippen molar-refractivity contribution in [1.29, 1.82) is 0 Å². The van der Waals surface area contributed by atoms with Crippen molar-refractivity contribution in [3.8, 4) is 0 Å². The largest absolute Gasteiger partial charge is 0.338 e. The Morgan fingerprint density at radius 1 is 1.04 bits per heavy atom. The Kier molecular flexibility index (Phi) is 5.07. The number of hydrogen-bond donors (Lipinski definition) is 0. The number of rotatable bonds is 3. The van der Waals surface area contributed by atoms with Gasteiger partial charge in [0.25, 0.3) is 0 Å². The van der Waals surface area contributed by atoms with Crippen LogP contribution in [0.15, 0.2) is 48.5 Å². The van der Waals surface area contributed by atoms with Crippen LogP contribution in [0.4, 0.5) is 0 Å². The third-order valence-electron chi connectivity index (χ3n) is 5.95. The van der Waals surface area contributed by atoms with Crippen LogP contribution >= 0.6 is 0 Å². The van der Waals surface area contributed by atoms with E-state index in [2.05, 4.69) is 65.3 Å². The van der Waals surface area contributed by atoms with Crippen LogP contribution in [0.25, 0.3) is 0 Å². The van der Waals surface area contributed by atoms with Gasteiger partial charge in [0.15, 0.2) is 0 Å². The second kappa shape index (κ2) is 7.63. The molecule has 1 fully saturated rings. The van der Waals surface area contributed by atoms with Crippen LogP contribution in [0.3, 0.4) is 0 Å². The summed E-state index contributed by atoms with van der Waals surface area (Å²) in [6, 6.07) is 17.1. The highest BCUT2D eigenvalue weighted by atomic mass is 16.2. The van der Waals surface area contributed by atoms with Crippen LogP contribution in [-0.2, 0) is 24.3 Å². The molecule has 1 unspecified atom stereocenters. The van der Waals surface area contributed by atoms with E-state index in [1.54, 1.807) is 0 Å². The molecule has 0 spiro atoms. The third-order valence-corrected chi connectivity index (χ3v) is 5.95. The molecule has 4 rings (SSSR count). The van der Waals surface area contributed by atoms with E-state index in [0.717, 1.165) is 52.0 Å². The first-order valence-corrected chi connectivity index (χ1v) is 9.83. The molecule has 3 nitrogen and oxygen atoms in total. The summed E-state index contributed by atoms with van der Waals surface area (Å²) in [6.45, 7) is 6.77. The van der Waals surface area contributed by atoms with Crippen molar-refractivity contribution in [3.63, 3.8) is 0 Å². The maximum absolute atomic E-state index is 13.1. The number of nitrogens with zero attached hydrogens (tertiary/aromatic N) is 2. The number of piperidine rings is 1. The van der Waals surface area contributed by atoms with Crippen LogP contribution in [0, 0.1) is 12.8 Å². The summed E-state index contributed by atoms with van der Waals surface area (Å²) in [6.07, 6.45) is 3.13. The van der Waals surface area contributed by atoms with Gasteiger partial charge >= 0.3 is 0 Å². The number of aryl methyl sites for hydroxylation is 1. The van der Waals surface area contributed by atoms with Crippen LogP contribution in [0.2, 0.25) is 0 Å². The first-order chi connectivity index (χ1) is 12.7. The minimum Gasteiger partial charge on any atom is -0.338 e. The van der Waals surface area contributed by atoms with Gasteiger partial charge < -0.3 is 4.90 Å². The number of amides is 1. The van der Waals surface area contributed by atoms with Crippen molar-refractivity contribution in [1.82, 2.24) is 9.80 Å². The Morgan fingerprint density at radius 2 is 1.81 bits per heavy atom. The summed E-state index contributed by atoms with van der Waals surface area (Å²) in [5, 5.41) is 0. The molecule has 1 atom stereocenters. The van der Waals surface area contributed by atoms with Gasteiger partial charge in [0.2, 0.25) is 5.91 Å². The predicted molar refractivity (Wildman–Crippen MR) is 105 cm³/mol. The zero-order valence-corrected chi connectivity index (χ0v) is 15.7. The predicted octanol–water partition coefficient (Wildman–Crippen LogP) is 3.79. The van der Waals surface area contributed by atoms with E-state index in [1.165, 1.54) is 22.3 Å². The van der Waals surface area contributed by atoms with Crippen molar-refractivity contribution in [2.45, 2.75) is 39.3 Å². The average molecular weight is 348 g/mol. The van der Waals surface area contributed by atoms with Crippen molar-refractivity contribution in [2.75, 3.05) is 19.6 Å². The molecular weight excluding hydrogens is 320 g/mol. The Hall–Kier alpha value is -2.13. The van der Waals surface area contributed by atoms with E-state index < -0.39 is 0 Å². The smallest absolute Gasteiger partial charge is 0.227 e. The minimum atomic E-state index is 0.151. The van der Waals surface area contributed by atoms with E-state index in [9.17, 15) is 4.79 Å². The molecule has 0 aliphatic carbocycles. The lowest BCUT2D eigenvalue weighted by Crippen LogP contribution is -2.46. The first kappa shape index (κ1) is 17.3. The van der Waals surface area contributed by atoms with Gasteiger partial charge in [-0.25, -0.2) is 0 Å². The second-order valence-corrected chi connectivity index (χ2v) is 7.78. The lowest BCUT2D eigenvalue weighted by Gasteiger charge is -2.37. The highest BCUT2D eigenvalue weighted by Crippen LogP contribution is 2.25. The molecule has 0 aromatic heterocycles. The summed E-state index contributed by atoms with van der Waals surface area (Å²) in [5.74, 6) is 0.506. The monoisotopic (exact) mass is 348 g/mol. The van der Waals surface area contributed by atoms with E-state index in [1.807, 2.05) is 0 Å². The van der Waals surface area contributed by atoms with Gasteiger partial charge in [-0.05, 0) is 55.0 Å². The average Bonchev–Trinajstić information content (AvgIpc) is 2.69. The molecule has 1 amide bonds. The molecule has 1 saturated heterocycles. The molecular formula is C23H28N2O. The van der Waals surface area contributed by atoms with Gasteiger partial charge in [-0.2, -0.15) is 0 Å². The maximum Gasteiger partial charge on any atom is 0.227 e. The summed E-state index contributed by atoms with van der Waals surface area (Å²) in [4.78, 5) is 17.7. The summed E-state index contributed by atoms with van der Waals surface area (Å²) >= 11 is 0. The standard InChI is InChI=1S/C23H28N2O/c1-18-7-2-3-9-20(18)15-24-13-6-11-22(16-24)23(26)25-14-12-19-8-4-5-10-21(19)17-25/h2-5,7-10,22H,6,11-17H2,1H3. The van der Waals surface area contributed by atoms with E-state index in [4.69, 9.17) is 0 Å². The molecule has 2 aliphatic rings. The third kappa shape index (κ3) is 3.68. The fourth-order valence-corrected chi connectivity index (χ4v) is 4.37. The number of carbonyl (C=O) groups excluding carboxylic acids is 1. The minimum absolute atomic E-state index is 0.151. The van der Waals surface area contributed by atoms with Crippen LogP contribution in [0.5, 0.6) is 0 Å². The molecule has 0 saturated carbocycles. The lowest BCUT2D eigenvalue weighted by atomic mass is 9.93. The Morgan fingerprint density at radius 3 is 2.65 bits per heavy atom. The van der Waals surface area contributed by atoms with E-state index >= 15 is 0 Å². The zero-order chi connectivity index (χ0) is 17.9. The number of likely N-dealkylation sites (tertiary alicyclic amines) is 1. The van der Waals surface area contributed by atoms with Crippen molar-refractivity contribution in [3.05, 3.63) is 70.8 Å². The lowest BCUT2D eigenvalue weighted by molar-refractivity contribution is -0.138. The number of benzene rings is 2. The Balaban J connectivity index is 1.40. The van der Waals surface area contributed by atoms with Gasteiger partial charge in [0, 0.05) is 26.2 Å². The SMILES string of the molecule is Cc1ccccc1CN1CCCC(C(=O)N2CCc3ccccc3C2)C1. The van der Waals surface area contributed by atoms with Crippen molar-refractivity contribution >= 4 is 5.91 Å². The molecule has 136 valence electrons. The number of carbonyl (C=O) groups is 1. The second-order valence-electron chi connectivity index (χ2n) is 7.78. The normalized spacial score (nSPS) is 20.7. The van der Waals surface area contributed by atoms with Crippen LogP contribution in [0.1, 0.15) is 35.1 Å². The molecule has 0 N–H and O–H groups in total. The van der Waals surface area contributed by atoms with E-state index in [-0.39, 0.29) is 5.92 Å². The van der Waals surface area contributed by atoms with Gasteiger partial charge in [0.05, 0.1) is 5.92 Å². The molecule has 0 bridgehead atoms. The molecule has 2 aromatic rings. The van der Waals surface area contributed by atoms with Crippen molar-refractivity contribution < 1.29 is 4.79 Å². The molecule has 2 aromatic carbocycles. The van der Waals surface area contributed by atoms with Crippen molar-refractivity contribution in [2.24, 2.45) is 5.92 Å². The molecule has 2 aliphatic heterocycles. The number of hydrogen-bond acceptors (Lipinski definition) is 2. The molecule has 0 radical (unpaired) electrons. The van der Waals surface area contributed by atoms with Gasteiger partial charge in [-0.3, -0.25) is 9.69 Å². The maximum atomic E-state index is 13.1. The quantitative estimate of drug-likeness (QED) is 0.842. The highest BCUT2D eigenvalue weighted by Gasteiger charge is 2.30. The summed E-state index contributed by atoms with van der Waals surface area (Å²) < 4.78 is 0. The fraction of sp³-hybridized carbons (Fsp3) is 0.435. The Bertz CT molecular complexity index is 785. The summed E-state index contributed by atoms with van der Waals surface area (Å²) in [5.41, 5.74) is 5.45. The van der Waals surface area contributed by atoms with Gasteiger partial charge in [0.1, 0.15) is 0 Å². The van der Waals surface area contributed by atoms with Gasteiger partial charge in [-0.15, -0.1) is 0 Å². The zero-order valence-electron chi connectivity index (χ0n) is 15.7. The van der Waals surface area contributed by atoms with Gasteiger partial charge in [-0.1, -0.05) is 48.5 Å². The molecule has 26 heavy (non-hydrogen) atoms. The fourth-order valence-electron chi connectivity index (χ4n) is 4.37. The first-order valence-electron chi connectivity index (χ1n) is 9.83. The Labute approximate surface area is 156 Å². The van der Waals surface area contributed by atoms with E-state index in [0.29, 0.717) is 5.91 Å². The molecule has 2 heterocycles. The highest BCUT2D eigenvalue weighted by molar-refractivity contribution is 5.79. The summed E-state index contributed by atoms with van der Waals surface area (Å²) in [7, 11) is 0. The molecule has 3 heteroatoms. The van der Waals surface area contributed by atoms with Crippen LogP contribution in [-0.4, -0.2) is 35.3 Å².